The van der Waals surface area contributed by atoms with E-state index in [4.69, 9.17) is 5.73 Å². The molecule has 72 valence electrons. The molecule has 1 aromatic heterocycles. The van der Waals surface area contributed by atoms with Crippen molar-refractivity contribution in [2.45, 2.75) is 20.8 Å². The third kappa shape index (κ3) is 1.33. The van der Waals surface area contributed by atoms with Crippen LogP contribution in [0.4, 0.5) is 5.69 Å². The zero-order valence-corrected chi connectivity index (χ0v) is 8.76. The molecule has 0 radical (unpaired) electrons. The number of nitrogen functional groups attached to an aromatic ring is 1. The molecule has 14 heavy (non-hydrogen) atoms. The zero-order chi connectivity index (χ0) is 10.3. The van der Waals surface area contributed by atoms with Crippen LogP contribution in [-0.4, -0.2) is 4.98 Å². The normalized spacial score (nSPS) is 10.8. The first kappa shape index (κ1) is 9.00. The summed E-state index contributed by atoms with van der Waals surface area (Å²) in [4.78, 5) is 4.46. The lowest BCUT2D eigenvalue weighted by Gasteiger charge is -2.06. The molecule has 0 amide bonds. The van der Waals surface area contributed by atoms with E-state index in [-0.39, 0.29) is 0 Å². The van der Waals surface area contributed by atoms with Crippen LogP contribution < -0.4 is 5.73 Å². The van der Waals surface area contributed by atoms with Gasteiger partial charge >= 0.3 is 0 Å². The fourth-order valence-electron chi connectivity index (χ4n) is 1.65. The van der Waals surface area contributed by atoms with Gasteiger partial charge in [0.25, 0.3) is 0 Å². The average molecular weight is 186 g/mol. The number of hydrogen-bond donors (Lipinski definition) is 1. The van der Waals surface area contributed by atoms with E-state index in [0.717, 1.165) is 22.3 Å². The number of fused-ring (bicyclic) bond motifs is 1. The van der Waals surface area contributed by atoms with Gasteiger partial charge in [0.15, 0.2) is 0 Å². The van der Waals surface area contributed by atoms with Crippen molar-refractivity contribution < 1.29 is 0 Å². The van der Waals surface area contributed by atoms with Gasteiger partial charge in [0.2, 0.25) is 0 Å². The van der Waals surface area contributed by atoms with Crippen LogP contribution in [0.2, 0.25) is 0 Å². The van der Waals surface area contributed by atoms with Crippen LogP contribution in [0.25, 0.3) is 10.9 Å². The molecule has 0 atom stereocenters. The molecular formula is C12H14N2. The van der Waals surface area contributed by atoms with E-state index >= 15 is 0 Å². The third-order valence-electron chi connectivity index (χ3n) is 2.58. The summed E-state index contributed by atoms with van der Waals surface area (Å²) < 4.78 is 0. The number of pyridine rings is 1. The molecule has 1 heterocycles. The van der Waals surface area contributed by atoms with Crippen molar-refractivity contribution >= 4 is 16.6 Å². The third-order valence-corrected chi connectivity index (χ3v) is 2.58. The molecule has 0 unspecified atom stereocenters. The Morgan fingerprint density at radius 3 is 2.36 bits per heavy atom. The van der Waals surface area contributed by atoms with E-state index in [0.29, 0.717) is 0 Å². The molecule has 0 spiro atoms. The first-order chi connectivity index (χ1) is 6.58. The van der Waals surface area contributed by atoms with Crippen molar-refractivity contribution in [3.05, 3.63) is 35.0 Å². The lowest BCUT2D eigenvalue weighted by molar-refractivity contribution is 1.24. The van der Waals surface area contributed by atoms with E-state index in [1.807, 2.05) is 13.0 Å². The van der Waals surface area contributed by atoms with Crippen LogP contribution in [0.1, 0.15) is 16.8 Å². The monoisotopic (exact) mass is 186 g/mol. The second kappa shape index (κ2) is 2.98. The quantitative estimate of drug-likeness (QED) is 0.687. The Labute approximate surface area is 83.8 Å². The van der Waals surface area contributed by atoms with Crippen LogP contribution in [-0.2, 0) is 0 Å². The second-order valence-corrected chi connectivity index (χ2v) is 3.81. The van der Waals surface area contributed by atoms with E-state index < -0.39 is 0 Å². The zero-order valence-electron chi connectivity index (χ0n) is 8.76. The Morgan fingerprint density at radius 1 is 1.00 bits per heavy atom. The Morgan fingerprint density at radius 2 is 1.64 bits per heavy atom. The minimum Gasteiger partial charge on any atom is -0.398 e. The van der Waals surface area contributed by atoms with E-state index in [1.54, 1.807) is 0 Å². The van der Waals surface area contributed by atoms with Gasteiger partial charge in [0, 0.05) is 16.8 Å². The maximum absolute atomic E-state index is 5.94. The number of aromatic nitrogens is 1. The van der Waals surface area contributed by atoms with E-state index in [1.165, 1.54) is 11.1 Å². The summed E-state index contributed by atoms with van der Waals surface area (Å²) in [6.07, 6.45) is 0. The molecule has 0 bridgehead atoms. The number of nitrogens with zero attached hydrogens (tertiary/aromatic N) is 1. The molecular weight excluding hydrogens is 172 g/mol. The molecule has 2 rings (SSSR count). The smallest absolute Gasteiger partial charge is 0.0728 e. The maximum atomic E-state index is 5.94. The number of rotatable bonds is 0. The van der Waals surface area contributed by atoms with Crippen molar-refractivity contribution in [3.8, 4) is 0 Å². The summed E-state index contributed by atoms with van der Waals surface area (Å²) in [5.41, 5.74) is 11.2. The van der Waals surface area contributed by atoms with Gasteiger partial charge in [-0.15, -0.1) is 0 Å². The summed E-state index contributed by atoms with van der Waals surface area (Å²) >= 11 is 0. The van der Waals surface area contributed by atoms with Gasteiger partial charge in [-0.3, -0.25) is 4.98 Å². The predicted octanol–water partition coefficient (Wildman–Crippen LogP) is 2.74. The number of aryl methyl sites for hydroxylation is 3. The molecule has 1 aromatic carbocycles. The van der Waals surface area contributed by atoms with Crippen LogP contribution >= 0.6 is 0 Å². The number of nitrogens with two attached hydrogens (primary N) is 1. The summed E-state index contributed by atoms with van der Waals surface area (Å²) in [5.74, 6) is 0. The molecule has 0 aliphatic heterocycles. The maximum Gasteiger partial charge on any atom is 0.0728 e. The molecule has 2 aromatic rings. The summed E-state index contributed by atoms with van der Waals surface area (Å²) in [6.45, 7) is 6.15. The highest BCUT2D eigenvalue weighted by Crippen LogP contribution is 2.23. The molecule has 2 heteroatoms. The van der Waals surface area contributed by atoms with Crippen LogP contribution in [0.3, 0.4) is 0 Å². The second-order valence-electron chi connectivity index (χ2n) is 3.81. The van der Waals surface area contributed by atoms with Gasteiger partial charge in [-0.2, -0.15) is 0 Å². The minimum atomic E-state index is 0.815. The number of benzene rings is 1. The Kier molecular flexibility index (Phi) is 1.92. The van der Waals surface area contributed by atoms with Crippen LogP contribution in [0, 0.1) is 20.8 Å². The van der Waals surface area contributed by atoms with Gasteiger partial charge < -0.3 is 5.73 Å². The van der Waals surface area contributed by atoms with Crippen LogP contribution in [0.5, 0.6) is 0 Å². The van der Waals surface area contributed by atoms with Gasteiger partial charge in [0.1, 0.15) is 0 Å². The van der Waals surface area contributed by atoms with Crippen molar-refractivity contribution in [2.24, 2.45) is 0 Å². The molecule has 0 saturated heterocycles. The first-order valence-corrected chi connectivity index (χ1v) is 4.72. The highest BCUT2D eigenvalue weighted by Gasteiger charge is 2.03. The van der Waals surface area contributed by atoms with Gasteiger partial charge in [-0.05, 0) is 50.1 Å². The lowest BCUT2D eigenvalue weighted by atomic mass is 10.0. The molecule has 0 aliphatic rings. The van der Waals surface area contributed by atoms with Crippen molar-refractivity contribution in [3.63, 3.8) is 0 Å². The number of anilines is 1. The number of hydrogen-bond acceptors (Lipinski definition) is 2. The van der Waals surface area contributed by atoms with Gasteiger partial charge in [-0.1, -0.05) is 0 Å². The topological polar surface area (TPSA) is 38.9 Å². The highest BCUT2D eigenvalue weighted by molar-refractivity contribution is 5.91. The fourth-order valence-corrected chi connectivity index (χ4v) is 1.65. The SMILES string of the molecule is Cc1cc(N)c2cc(C)c(C)cc2n1. The van der Waals surface area contributed by atoms with Crippen LogP contribution in [0.15, 0.2) is 18.2 Å². The van der Waals surface area contributed by atoms with Gasteiger partial charge in [0.05, 0.1) is 5.52 Å². The molecule has 0 fully saturated rings. The van der Waals surface area contributed by atoms with E-state index in [9.17, 15) is 0 Å². The Bertz CT molecular complexity index is 501. The van der Waals surface area contributed by atoms with Crippen molar-refractivity contribution in [1.82, 2.24) is 4.98 Å². The Balaban J connectivity index is 2.89. The van der Waals surface area contributed by atoms with Gasteiger partial charge in [-0.25, -0.2) is 0 Å². The summed E-state index contributed by atoms with van der Waals surface area (Å²) in [6, 6.07) is 6.11. The average Bonchev–Trinajstić information content (AvgIpc) is 2.08. The first-order valence-electron chi connectivity index (χ1n) is 4.72. The largest absolute Gasteiger partial charge is 0.398 e. The molecule has 0 aliphatic carbocycles. The fraction of sp³-hybridized carbons (Fsp3) is 0.250. The molecule has 2 N–H and O–H groups in total. The summed E-state index contributed by atoms with van der Waals surface area (Å²) in [5, 5.41) is 1.05. The van der Waals surface area contributed by atoms with Crippen molar-refractivity contribution in [1.29, 1.82) is 0 Å². The summed E-state index contributed by atoms with van der Waals surface area (Å²) in [7, 11) is 0. The lowest BCUT2D eigenvalue weighted by Crippen LogP contribution is -1.93. The predicted molar refractivity (Wildman–Crippen MR) is 60.4 cm³/mol. The highest BCUT2D eigenvalue weighted by atomic mass is 14.7. The van der Waals surface area contributed by atoms with Crippen molar-refractivity contribution in [2.75, 3.05) is 5.73 Å². The minimum absolute atomic E-state index is 0.815. The molecule has 2 nitrogen and oxygen atoms in total. The van der Waals surface area contributed by atoms with E-state index in [2.05, 4.69) is 31.0 Å². The Hall–Kier alpha value is -1.57. The standard InChI is InChI=1S/C12H14N2/c1-7-4-10-11(13)6-9(3)14-12(10)5-8(7)2/h4-6H,1-3H3,(H2,13,14). The molecule has 0 saturated carbocycles.